The van der Waals surface area contributed by atoms with Crippen LogP contribution in [0, 0.1) is 23.2 Å². The molecule has 0 aromatic rings. The van der Waals surface area contributed by atoms with Crippen molar-refractivity contribution in [3.05, 3.63) is 0 Å². The summed E-state index contributed by atoms with van der Waals surface area (Å²) >= 11 is 0. The van der Waals surface area contributed by atoms with Crippen LogP contribution >= 0.6 is 7.92 Å². The summed E-state index contributed by atoms with van der Waals surface area (Å²) in [7, 11) is -0.0591. The number of hydrogen-bond donors (Lipinski definition) is 1. The van der Waals surface area contributed by atoms with Crippen LogP contribution in [0.1, 0.15) is 67.7 Å². The van der Waals surface area contributed by atoms with Crippen molar-refractivity contribution in [3.8, 4) is 0 Å². The third kappa shape index (κ3) is 2.38. The Kier molecular flexibility index (Phi) is 4.65. The minimum Gasteiger partial charge on any atom is -0.396 e. The SMILES string of the molecule is CC(C)[C@@H]1CC[C@@H](C)C[C@H]1P1[C@@H](CO)C(C)(C)C1(C)C. The fourth-order valence-electron chi connectivity index (χ4n) is 4.85. The molecule has 20 heavy (non-hydrogen) atoms. The zero-order valence-electron chi connectivity index (χ0n) is 14.6. The molecule has 1 aliphatic heterocycles. The van der Waals surface area contributed by atoms with Gasteiger partial charge < -0.3 is 5.11 Å². The molecule has 1 N–H and O–H groups in total. The summed E-state index contributed by atoms with van der Waals surface area (Å²) in [5.74, 6) is 2.58. The van der Waals surface area contributed by atoms with Crippen LogP contribution in [0.3, 0.4) is 0 Å². The fourth-order valence-corrected chi connectivity index (χ4v) is 10.2. The van der Waals surface area contributed by atoms with Gasteiger partial charge in [0, 0.05) is 5.66 Å². The lowest BCUT2D eigenvalue weighted by molar-refractivity contribution is 0.139. The zero-order chi connectivity index (χ0) is 15.3. The van der Waals surface area contributed by atoms with Gasteiger partial charge in [-0.05, 0) is 46.8 Å². The monoisotopic (exact) mass is 298 g/mol. The number of hydrogen-bond acceptors (Lipinski definition) is 1. The van der Waals surface area contributed by atoms with Gasteiger partial charge in [0.05, 0.1) is 6.61 Å². The van der Waals surface area contributed by atoms with Gasteiger partial charge in [-0.3, -0.25) is 0 Å². The van der Waals surface area contributed by atoms with E-state index in [1.54, 1.807) is 0 Å². The summed E-state index contributed by atoms with van der Waals surface area (Å²) in [4.78, 5) is 0. The van der Waals surface area contributed by atoms with Gasteiger partial charge >= 0.3 is 0 Å². The summed E-state index contributed by atoms with van der Waals surface area (Å²) in [6.07, 6.45) is 4.23. The second-order valence-electron chi connectivity index (χ2n) is 8.78. The molecule has 1 aliphatic carbocycles. The molecule has 1 saturated carbocycles. The predicted molar refractivity (Wildman–Crippen MR) is 90.8 cm³/mol. The van der Waals surface area contributed by atoms with Gasteiger partial charge in [-0.2, -0.15) is 0 Å². The highest BCUT2D eigenvalue weighted by molar-refractivity contribution is 7.62. The number of rotatable bonds is 3. The van der Waals surface area contributed by atoms with Crippen molar-refractivity contribution < 1.29 is 5.11 Å². The van der Waals surface area contributed by atoms with Crippen LogP contribution in [0.5, 0.6) is 0 Å². The van der Waals surface area contributed by atoms with Crippen molar-refractivity contribution in [2.45, 2.75) is 84.2 Å². The molecule has 1 heterocycles. The Morgan fingerprint density at radius 1 is 1.15 bits per heavy atom. The minimum absolute atomic E-state index is 0.0591. The summed E-state index contributed by atoms with van der Waals surface area (Å²) in [6, 6.07) is 0. The Bertz CT molecular complexity index is 347. The maximum Gasteiger partial charge on any atom is 0.0504 e. The second-order valence-corrected chi connectivity index (χ2v) is 12.0. The molecule has 2 rings (SSSR count). The Labute approximate surface area is 127 Å². The third-order valence-corrected chi connectivity index (χ3v) is 11.6. The maximum absolute atomic E-state index is 9.96. The molecule has 2 fully saturated rings. The quantitative estimate of drug-likeness (QED) is 0.718. The predicted octanol–water partition coefficient (Wildman–Crippen LogP) is 5.11. The molecule has 5 atom stereocenters. The molecule has 1 unspecified atom stereocenters. The lowest BCUT2D eigenvalue weighted by atomic mass is 9.74. The molecule has 1 saturated heterocycles. The molecular formula is C18H35OP. The molecule has 118 valence electrons. The van der Waals surface area contributed by atoms with Crippen molar-refractivity contribution >= 4 is 7.92 Å². The van der Waals surface area contributed by atoms with Crippen LogP contribution in [-0.4, -0.2) is 28.2 Å². The summed E-state index contributed by atoms with van der Waals surface area (Å²) in [6.45, 7) is 17.4. The minimum atomic E-state index is -0.0591. The summed E-state index contributed by atoms with van der Waals surface area (Å²) < 4.78 is 0. The van der Waals surface area contributed by atoms with E-state index in [0.717, 1.165) is 23.4 Å². The van der Waals surface area contributed by atoms with E-state index in [9.17, 15) is 5.11 Å². The van der Waals surface area contributed by atoms with Crippen LogP contribution in [0.4, 0.5) is 0 Å². The molecule has 2 aliphatic rings. The normalized spacial score (nSPS) is 43.4. The summed E-state index contributed by atoms with van der Waals surface area (Å²) in [5, 5.41) is 10.4. The largest absolute Gasteiger partial charge is 0.396 e. The van der Waals surface area contributed by atoms with E-state index in [1.807, 2.05) is 0 Å². The number of aliphatic hydroxyl groups is 1. The summed E-state index contributed by atoms with van der Waals surface area (Å²) in [5.41, 5.74) is 1.74. The molecule has 1 nitrogen and oxygen atoms in total. The molecule has 0 bridgehead atoms. The molecule has 0 radical (unpaired) electrons. The average molecular weight is 298 g/mol. The van der Waals surface area contributed by atoms with Crippen LogP contribution in [0.2, 0.25) is 0 Å². The molecular weight excluding hydrogens is 263 g/mol. The highest BCUT2D eigenvalue weighted by Crippen LogP contribution is 2.79. The van der Waals surface area contributed by atoms with Crippen LogP contribution in [0.15, 0.2) is 0 Å². The van der Waals surface area contributed by atoms with E-state index in [2.05, 4.69) is 48.5 Å². The highest BCUT2D eigenvalue weighted by atomic mass is 31.1. The number of aliphatic hydroxyl groups excluding tert-OH is 1. The van der Waals surface area contributed by atoms with Crippen LogP contribution in [-0.2, 0) is 0 Å². The van der Waals surface area contributed by atoms with Crippen molar-refractivity contribution in [1.29, 1.82) is 0 Å². The van der Waals surface area contributed by atoms with Crippen molar-refractivity contribution in [3.63, 3.8) is 0 Å². The molecule has 2 heteroatoms. The molecule has 0 aromatic carbocycles. The van der Waals surface area contributed by atoms with Crippen molar-refractivity contribution in [1.82, 2.24) is 0 Å². The first kappa shape index (κ1) is 16.8. The van der Waals surface area contributed by atoms with Gasteiger partial charge in [0.15, 0.2) is 0 Å². The van der Waals surface area contributed by atoms with Crippen molar-refractivity contribution in [2.24, 2.45) is 23.2 Å². The van der Waals surface area contributed by atoms with Gasteiger partial charge in [-0.15, -0.1) is 0 Å². The van der Waals surface area contributed by atoms with Crippen LogP contribution in [0.25, 0.3) is 0 Å². The first-order valence-electron chi connectivity index (χ1n) is 8.53. The third-order valence-electron chi connectivity index (χ3n) is 6.91. The lowest BCUT2D eigenvalue weighted by Gasteiger charge is -2.69. The van der Waals surface area contributed by atoms with E-state index >= 15 is 0 Å². The Balaban J connectivity index is 2.27. The van der Waals surface area contributed by atoms with Gasteiger partial charge in [0.1, 0.15) is 0 Å². The molecule has 0 amide bonds. The molecule has 0 spiro atoms. The zero-order valence-corrected chi connectivity index (χ0v) is 15.5. The van der Waals surface area contributed by atoms with Crippen LogP contribution < -0.4 is 0 Å². The highest BCUT2D eigenvalue weighted by Gasteiger charge is 2.64. The first-order chi connectivity index (χ1) is 9.14. The topological polar surface area (TPSA) is 20.2 Å². The Morgan fingerprint density at radius 2 is 1.75 bits per heavy atom. The van der Waals surface area contributed by atoms with E-state index in [4.69, 9.17) is 0 Å². The lowest BCUT2D eigenvalue weighted by Crippen LogP contribution is -2.62. The van der Waals surface area contributed by atoms with Gasteiger partial charge in [-0.25, -0.2) is 0 Å². The second kappa shape index (κ2) is 5.54. The van der Waals surface area contributed by atoms with Crippen molar-refractivity contribution in [2.75, 3.05) is 6.61 Å². The van der Waals surface area contributed by atoms with E-state index in [-0.39, 0.29) is 7.92 Å². The smallest absolute Gasteiger partial charge is 0.0504 e. The molecule has 0 aromatic heterocycles. The first-order valence-corrected chi connectivity index (χ1v) is 10.0. The maximum atomic E-state index is 9.96. The standard InChI is InChI=1S/C18H35OP/c1-12(2)14-9-8-13(3)10-15(14)20-16(11-19)17(4,5)18(20,6)7/h12-16,19H,8-11H2,1-7H3/t13-,14+,15-,16+,20?/m1/s1. The van der Waals surface area contributed by atoms with E-state index in [0.29, 0.717) is 22.8 Å². The fraction of sp³-hybridized carbons (Fsp3) is 1.00. The van der Waals surface area contributed by atoms with Gasteiger partial charge in [0.2, 0.25) is 0 Å². The van der Waals surface area contributed by atoms with Gasteiger partial charge in [-0.1, -0.05) is 62.8 Å². The Hall–Kier alpha value is 0.390. The van der Waals surface area contributed by atoms with E-state index < -0.39 is 0 Å². The average Bonchev–Trinajstić information content (AvgIpc) is 2.34. The van der Waals surface area contributed by atoms with Gasteiger partial charge in [0.25, 0.3) is 0 Å². The van der Waals surface area contributed by atoms with E-state index in [1.165, 1.54) is 19.3 Å². The Morgan fingerprint density at radius 3 is 2.25 bits per heavy atom.